The summed E-state index contributed by atoms with van der Waals surface area (Å²) in [6.45, 7) is 0.281. The molecule has 4 rings (SSSR count). The van der Waals surface area contributed by atoms with Gasteiger partial charge >= 0.3 is 6.03 Å². The van der Waals surface area contributed by atoms with E-state index in [0.717, 1.165) is 0 Å². The van der Waals surface area contributed by atoms with Crippen molar-refractivity contribution in [3.8, 4) is 0 Å². The Morgan fingerprint density at radius 1 is 0.971 bits per heavy atom. The van der Waals surface area contributed by atoms with Crippen LogP contribution in [-0.2, 0) is 9.59 Å². The molecular weight excluding hydrogens is 444 g/mol. The van der Waals surface area contributed by atoms with E-state index in [-0.39, 0.29) is 18.5 Å². The van der Waals surface area contributed by atoms with Gasteiger partial charge in [-0.2, -0.15) is 0 Å². The monoisotopic (exact) mass is 467 g/mol. The quantitative estimate of drug-likeness (QED) is 0.302. The Hall–Kier alpha value is -4.21. The summed E-state index contributed by atoms with van der Waals surface area (Å²) in [5.41, 5.74) is 6.53. The Morgan fingerprint density at radius 2 is 1.59 bits per heavy atom. The fourth-order valence-corrected chi connectivity index (χ4v) is 4.17. The van der Waals surface area contributed by atoms with Crippen molar-refractivity contribution < 1.29 is 23.2 Å². The molecule has 34 heavy (non-hydrogen) atoms. The number of carbonyl (C=O) groups excluding carboxylic acids is 3. The van der Waals surface area contributed by atoms with E-state index in [4.69, 9.17) is 5.73 Å². The minimum absolute atomic E-state index is 0.147. The van der Waals surface area contributed by atoms with Crippen molar-refractivity contribution >= 4 is 29.2 Å². The van der Waals surface area contributed by atoms with Gasteiger partial charge in [0.2, 0.25) is 0 Å². The maximum Gasteiger partial charge on any atom is 0.312 e. The zero-order valence-electron chi connectivity index (χ0n) is 18.1. The van der Waals surface area contributed by atoms with Crippen LogP contribution >= 0.6 is 0 Å². The van der Waals surface area contributed by atoms with Crippen molar-refractivity contribution in [2.24, 2.45) is 5.73 Å². The average Bonchev–Trinajstić information content (AvgIpc) is 3.07. The van der Waals surface area contributed by atoms with Crippen molar-refractivity contribution in [1.29, 1.82) is 0 Å². The van der Waals surface area contributed by atoms with E-state index in [2.05, 4.69) is 21.3 Å². The lowest BCUT2D eigenvalue weighted by Crippen LogP contribution is -2.46. The van der Waals surface area contributed by atoms with E-state index >= 15 is 0 Å². The molecule has 1 unspecified atom stereocenters. The lowest BCUT2D eigenvalue weighted by Gasteiger charge is -2.41. The number of halogens is 2. The molecule has 0 saturated heterocycles. The molecule has 176 valence electrons. The van der Waals surface area contributed by atoms with Gasteiger partial charge in [0.25, 0.3) is 11.8 Å². The first kappa shape index (κ1) is 23.0. The maximum atomic E-state index is 13.5. The minimum Gasteiger partial charge on any atom is -0.374 e. The first-order valence-corrected chi connectivity index (χ1v) is 10.7. The standard InChI is InChI=1S/C24H23F2N5O3/c25-14-2-6-16(7-3-14)29-20-12-18-19(22(33)30-21(18)32)13-24(20,10-1-11-28-23(27)34)31-17-8-4-15(26)5-9-17/h2-9,12,29,31H,1,10-11,13H2,(H3,27,28,34)(H,30,32,33). The van der Waals surface area contributed by atoms with Gasteiger partial charge in [-0.25, -0.2) is 13.6 Å². The number of nitrogens with one attached hydrogen (secondary N) is 4. The molecule has 2 aromatic rings. The van der Waals surface area contributed by atoms with E-state index in [0.29, 0.717) is 35.5 Å². The van der Waals surface area contributed by atoms with Gasteiger partial charge in [0, 0.05) is 35.6 Å². The van der Waals surface area contributed by atoms with Crippen LogP contribution in [0.2, 0.25) is 0 Å². The Kier molecular flexibility index (Phi) is 6.31. The van der Waals surface area contributed by atoms with E-state index in [1.54, 1.807) is 30.3 Å². The van der Waals surface area contributed by atoms with Crippen LogP contribution in [0.5, 0.6) is 0 Å². The Labute approximate surface area is 194 Å². The lowest BCUT2D eigenvalue weighted by atomic mass is 9.77. The molecule has 2 aromatic carbocycles. The highest BCUT2D eigenvalue weighted by Gasteiger charge is 2.44. The van der Waals surface area contributed by atoms with Gasteiger partial charge in [-0.1, -0.05) is 0 Å². The molecule has 0 bridgehead atoms. The molecule has 0 fully saturated rings. The zero-order valence-corrected chi connectivity index (χ0v) is 18.1. The number of hydrogen-bond donors (Lipinski definition) is 5. The third-order valence-electron chi connectivity index (χ3n) is 5.78. The number of amides is 4. The van der Waals surface area contributed by atoms with E-state index < -0.39 is 35.0 Å². The maximum absolute atomic E-state index is 13.5. The fourth-order valence-electron chi connectivity index (χ4n) is 4.17. The molecule has 10 heteroatoms. The third-order valence-corrected chi connectivity index (χ3v) is 5.78. The number of hydrogen-bond acceptors (Lipinski definition) is 5. The minimum atomic E-state index is -0.938. The number of primary amides is 1. The Bertz CT molecular complexity index is 1190. The summed E-state index contributed by atoms with van der Waals surface area (Å²) in [5, 5.41) is 11.5. The summed E-state index contributed by atoms with van der Waals surface area (Å²) < 4.78 is 27.0. The first-order valence-electron chi connectivity index (χ1n) is 10.7. The highest BCUT2D eigenvalue weighted by Crippen LogP contribution is 2.41. The van der Waals surface area contributed by atoms with Gasteiger partial charge in [-0.15, -0.1) is 0 Å². The second-order valence-corrected chi connectivity index (χ2v) is 8.15. The summed E-state index contributed by atoms with van der Waals surface area (Å²) in [6, 6.07) is 10.8. The van der Waals surface area contributed by atoms with Crippen molar-refractivity contribution in [3.05, 3.63) is 83.1 Å². The van der Waals surface area contributed by atoms with Crippen LogP contribution in [0.15, 0.2) is 71.5 Å². The molecule has 6 N–H and O–H groups in total. The summed E-state index contributed by atoms with van der Waals surface area (Å²) in [6.07, 6.45) is 2.62. The van der Waals surface area contributed by atoms with Crippen LogP contribution in [-0.4, -0.2) is 29.9 Å². The molecule has 2 aliphatic rings. The van der Waals surface area contributed by atoms with Gasteiger partial charge in [0.15, 0.2) is 0 Å². The molecular formula is C24H23F2N5O3. The van der Waals surface area contributed by atoms with Gasteiger partial charge in [-0.05, 0) is 67.4 Å². The second kappa shape index (κ2) is 9.34. The van der Waals surface area contributed by atoms with Crippen LogP contribution in [0.25, 0.3) is 0 Å². The predicted molar refractivity (Wildman–Crippen MR) is 122 cm³/mol. The fraction of sp³-hybridized carbons (Fsp3) is 0.208. The second-order valence-electron chi connectivity index (χ2n) is 8.15. The number of carbonyl (C=O) groups is 3. The number of rotatable bonds is 8. The third kappa shape index (κ3) is 4.90. The number of benzene rings is 2. The SMILES string of the molecule is NC(=O)NCCCC1(Nc2ccc(F)cc2)CC2=C(C=C1Nc1ccc(F)cc1)C(=O)NC2=O. The summed E-state index contributed by atoms with van der Waals surface area (Å²) in [5.74, 6) is -1.77. The summed E-state index contributed by atoms with van der Waals surface area (Å²) in [7, 11) is 0. The van der Waals surface area contributed by atoms with Crippen molar-refractivity contribution in [3.63, 3.8) is 0 Å². The highest BCUT2D eigenvalue weighted by molar-refractivity contribution is 6.21. The first-order chi connectivity index (χ1) is 16.3. The molecule has 0 aromatic heterocycles. The molecule has 1 aliphatic heterocycles. The smallest absolute Gasteiger partial charge is 0.312 e. The topological polar surface area (TPSA) is 125 Å². The van der Waals surface area contributed by atoms with Crippen LogP contribution in [0, 0.1) is 11.6 Å². The van der Waals surface area contributed by atoms with E-state index in [9.17, 15) is 23.2 Å². The van der Waals surface area contributed by atoms with Crippen LogP contribution in [0.1, 0.15) is 19.3 Å². The van der Waals surface area contributed by atoms with Crippen LogP contribution < -0.4 is 27.0 Å². The largest absolute Gasteiger partial charge is 0.374 e. The van der Waals surface area contributed by atoms with Gasteiger partial charge in [-0.3, -0.25) is 14.9 Å². The van der Waals surface area contributed by atoms with E-state index in [1.807, 2.05) is 0 Å². The van der Waals surface area contributed by atoms with Gasteiger partial charge in [0.1, 0.15) is 11.6 Å². The molecule has 8 nitrogen and oxygen atoms in total. The zero-order chi connectivity index (χ0) is 24.3. The van der Waals surface area contributed by atoms with Gasteiger partial charge in [0.05, 0.1) is 11.1 Å². The average molecular weight is 467 g/mol. The summed E-state index contributed by atoms with van der Waals surface area (Å²) in [4.78, 5) is 36.0. The molecule has 1 heterocycles. The predicted octanol–water partition coefficient (Wildman–Crippen LogP) is 2.92. The molecule has 1 aliphatic carbocycles. The Balaban J connectivity index is 1.74. The van der Waals surface area contributed by atoms with Crippen molar-refractivity contribution in [2.75, 3.05) is 17.2 Å². The van der Waals surface area contributed by atoms with Crippen molar-refractivity contribution in [1.82, 2.24) is 10.6 Å². The molecule has 0 spiro atoms. The highest BCUT2D eigenvalue weighted by atomic mass is 19.1. The molecule has 0 radical (unpaired) electrons. The van der Waals surface area contributed by atoms with E-state index in [1.165, 1.54) is 24.3 Å². The molecule has 4 amide bonds. The van der Waals surface area contributed by atoms with Crippen LogP contribution in [0.3, 0.4) is 0 Å². The van der Waals surface area contributed by atoms with Crippen LogP contribution in [0.4, 0.5) is 25.0 Å². The molecule has 0 saturated carbocycles. The van der Waals surface area contributed by atoms with Crippen molar-refractivity contribution in [2.45, 2.75) is 24.8 Å². The van der Waals surface area contributed by atoms with Gasteiger partial charge < -0.3 is 21.7 Å². The molecule has 1 atom stereocenters. The Morgan fingerprint density at radius 3 is 2.21 bits per heavy atom. The number of urea groups is 1. The number of imide groups is 1. The lowest BCUT2D eigenvalue weighted by molar-refractivity contribution is -0.124. The number of nitrogens with two attached hydrogens (primary N) is 1. The number of anilines is 2. The normalized spacial score (nSPS) is 19.3. The summed E-state index contributed by atoms with van der Waals surface area (Å²) >= 11 is 0.